The summed E-state index contributed by atoms with van der Waals surface area (Å²) in [6.07, 6.45) is 1.08. The summed E-state index contributed by atoms with van der Waals surface area (Å²) in [6, 6.07) is 12.5. The maximum atomic E-state index is 12.5. The Bertz CT molecular complexity index is 840. The lowest BCUT2D eigenvalue weighted by atomic mass is 9.98. The summed E-state index contributed by atoms with van der Waals surface area (Å²) in [5.74, 6) is -1.48. The fraction of sp³-hybridized carbons (Fsp3) is 0.190. The lowest BCUT2D eigenvalue weighted by Gasteiger charge is -2.09. The summed E-state index contributed by atoms with van der Waals surface area (Å²) >= 11 is 0. The van der Waals surface area contributed by atoms with Gasteiger partial charge in [-0.1, -0.05) is 24.8 Å². The van der Waals surface area contributed by atoms with Gasteiger partial charge in [-0.15, -0.1) is 0 Å². The fourth-order valence-corrected chi connectivity index (χ4v) is 2.31. The monoisotopic (exact) mass is 384 g/mol. The molecule has 0 fully saturated rings. The van der Waals surface area contributed by atoms with E-state index < -0.39 is 11.9 Å². The number of hydrogen-bond acceptors (Lipinski definition) is 6. The zero-order valence-corrected chi connectivity index (χ0v) is 15.1. The van der Waals surface area contributed by atoms with Gasteiger partial charge >= 0.3 is 11.9 Å². The van der Waals surface area contributed by atoms with Crippen LogP contribution in [0.25, 0.3) is 0 Å². The molecule has 0 heterocycles. The molecule has 0 radical (unpaired) electrons. The van der Waals surface area contributed by atoms with Crippen LogP contribution in [0.3, 0.4) is 0 Å². The van der Waals surface area contributed by atoms with Gasteiger partial charge in [-0.25, -0.2) is 9.59 Å². The molecule has 0 spiro atoms. The number of benzene rings is 2. The van der Waals surface area contributed by atoms with Crippen molar-refractivity contribution in [2.24, 2.45) is 0 Å². The van der Waals surface area contributed by atoms with Gasteiger partial charge in [0.2, 0.25) is 0 Å². The van der Waals surface area contributed by atoms with Crippen LogP contribution >= 0.6 is 0 Å². The molecule has 7 heteroatoms. The van der Waals surface area contributed by atoms with Gasteiger partial charge in [-0.3, -0.25) is 4.79 Å². The molecule has 0 aromatic heterocycles. The van der Waals surface area contributed by atoms with Gasteiger partial charge in [0.15, 0.2) is 5.78 Å². The van der Waals surface area contributed by atoms with Gasteiger partial charge in [0, 0.05) is 17.2 Å². The number of ketones is 1. The van der Waals surface area contributed by atoms with Crippen molar-refractivity contribution in [1.29, 1.82) is 0 Å². The van der Waals surface area contributed by atoms with E-state index in [1.165, 1.54) is 12.1 Å². The van der Waals surface area contributed by atoms with Crippen LogP contribution in [-0.2, 0) is 14.3 Å². The lowest BCUT2D eigenvalue weighted by Crippen LogP contribution is -2.12. The van der Waals surface area contributed by atoms with Crippen LogP contribution in [0.5, 0.6) is 5.75 Å². The van der Waals surface area contributed by atoms with Crippen molar-refractivity contribution < 1.29 is 33.7 Å². The van der Waals surface area contributed by atoms with E-state index in [2.05, 4.69) is 6.58 Å². The summed E-state index contributed by atoms with van der Waals surface area (Å²) in [5.41, 5.74) is 0.458. The third-order valence-corrected chi connectivity index (χ3v) is 3.65. The molecule has 0 atom stereocenters. The zero-order valence-electron chi connectivity index (χ0n) is 15.1. The Morgan fingerprint density at radius 2 is 1.54 bits per heavy atom. The number of ether oxygens (including phenoxy) is 3. The van der Waals surface area contributed by atoms with Crippen LogP contribution in [0, 0.1) is 0 Å². The van der Waals surface area contributed by atoms with E-state index in [4.69, 9.17) is 14.2 Å². The zero-order chi connectivity index (χ0) is 20.4. The minimum atomic E-state index is -1.15. The molecule has 0 aliphatic heterocycles. The molecule has 0 aliphatic carbocycles. The Hall–Kier alpha value is -3.45. The van der Waals surface area contributed by atoms with E-state index in [9.17, 15) is 19.5 Å². The highest BCUT2D eigenvalue weighted by Gasteiger charge is 2.17. The SMILES string of the molecule is C=CC(=O)OCCOCCOc1ccc(C(=O)c2ccccc2C(=O)O)cc1. The smallest absolute Gasteiger partial charge is 0.336 e. The van der Waals surface area contributed by atoms with Crippen LogP contribution < -0.4 is 4.74 Å². The second kappa shape index (κ2) is 10.6. The number of hydrogen-bond donors (Lipinski definition) is 1. The maximum Gasteiger partial charge on any atom is 0.336 e. The van der Waals surface area contributed by atoms with Crippen LogP contribution in [0.15, 0.2) is 61.2 Å². The predicted molar refractivity (Wildman–Crippen MR) is 101 cm³/mol. The molecule has 28 heavy (non-hydrogen) atoms. The number of carbonyl (C=O) groups excluding carboxylic acids is 2. The van der Waals surface area contributed by atoms with Crippen molar-refractivity contribution in [2.75, 3.05) is 26.4 Å². The largest absolute Gasteiger partial charge is 0.491 e. The molecule has 2 rings (SSSR count). The predicted octanol–water partition coefficient (Wildman–Crippen LogP) is 2.74. The number of rotatable bonds is 11. The number of carboxylic acids is 1. The van der Waals surface area contributed by atoms with Crippen molar-refractivity contribution in [3.05, 3.63) is 77.9 Å². The topological polar surface area (TPSA) is 99.1 Å². The van der Waals surface area contributed by atoms with Crippen LogP contribution in [-0.4, -0.2) is 49.3 Å². The van der Waals surface area contributed by atoms with Crippen LogP contribution in [0.4, 0.5) is 0 Å². The average molecular weight is 384 g/mol. The minimum Gasteiger partial charge on any atom is -0.491 e. The first-order valence-corrected chi connectivity index (χ1v) is 8.49. The third-order valence-electron chi connectivity index (χ3n) is 3.65. The van der Waals surface area contributed by atoms with E-state index in [-0.39, 0.29) is 36.7 Å². The molecule has 2 aromatic carbocycles. The van der Waals surface area contributed by atoms with Crippen molar-refractivity contribution in [1.82, 2.24) is 0 Å². The number of esters is 1. The fourth-order valence-electron chi connectivity index (χ4n) is 2.31. The van der Waals surface area contributed by atoms with E-state index in [0.717, 1.165) is 6.08 Å². The molecule has 0 aliphatic rings. The van der Waals surface area contributed by atoms with Gasteiger partial charge in [0.25, 0.3) is 0 Å². The van der Waals surface area contributed by atoms with Crippen LogP contribution in [0.1, 0.15) is 26.3 Å². The lowest BCUT2D eigenvalue weighted by molar-refractivity contribution is -0.139. The van der Waals surface area contributed by atoms with Gasteiger partial charge in [0.05, 0.1) is 18.8 Å². The standard InChI is InChI=1S/C21H20O7/c1-2-19(22)28-14-12-26-11-13-27-16-9-7-15(8-10-16)20(23)17-5-3-4-6-18(17)21(24)25/h2-10H,1,11-14H2,(H,24,25). The Balaban J connectivity index is 1.82. The summed E-state index contributed by atoms with van der Waals surface area (Å²) in [7, 11) is 0. The summed E-state index contributed by atoms with van der Waals surface area (Å²) < 4.78 is 15.5. The molecule has 0 saturated carbocycles. The molecule has 1 N–H and O–H groups in total. The molecule has 7 nitrogen and oxygen atoms in total. The second-order valence-electron chi connectivity index (χ2n) is 5.54. The first-order valence-electron chi connectivity index (χ1n) is 8.49. The average Bonchev–Trinajstić information content (AvgIpc) is 2.72. The minimum absolute atomic E-state index is 0.0382. The summed E-state index contributed by atoms with van der Waals surface area (Å²) in [5, 5.41) is 9.21. The molecule has 0 saturated heterocycles. The van der Waals surface area contributed by atoms with E-state index in [1.54, 1.807) is 36.4 Å². The van der Waals surface area contributed by atoms with E-state index in [0.29, 0.717) is 17.9 Å². The third kappa shape index (κ3) is 6.07. The quantitative estimate of drug-likeness (QED) is 0.275. The van der Waals surface area contributed by atoms with Gasteiger partial charge in [-0.2, -0.15) is 0 Å². The number of aromatic carboxylic acids is 1. The van der Waals surface area contributed by atoms with Gasteiger partial charge < -0.3 is 19.3 Å². The Labute approximate surface area is 162 Å². The molecule has 2 aromatic rings. The highest BCUT2D eigenvalue weighted by atomic mass is 16.6. The Morgan fingerprint density at radius 3 is 2.18 bits per heavy atom. The van der Waals surface area contributed by atoms with E-state index in [1.807, 2.05) is 0 Å². The molecule has 0 unspecified atom stereocenters. The van der Waals surface area contributed by atoms with Gasteiger partial charge in [-0.05, 0) is 30.3 Å². The number of carbonyl (C=O) groups is 3. The Kier molecular flexibility index (Phi) is 7.92. The van der Waals surface area contributed by atoms with E-state index >= 15 is 0 Å². The van der Waals surface area contributed by atoms with Gasteiger partial charge in [0.1, 0.15) is 19.0 Å². The first kappa shape index (κ1) is 20.9. The first-order chi connectivity index (χ1) is 13.5. The van der Waals surface area contributed by atoms with Crippen molar-refractivity contribution in [3.8, 4) is 5.75 Å². The summed E-state index contributed by atoms with van der Waals surface area (Å²) in [6.45, 7) is 4.26. The molecular formula is C21H20O7. The maximum absolute atomic E-state index is 12.5. The van der Waals surface area contributed by atoms with Crippen molar-refractivity contribution in [3.63, 3.8) is 0 Å². The van der Waals surface area contributed by atoms with Crippen molar-refractivity contribution in [2.45, 2.75) is 0 Å². The molecular weight excluding hydrogens is 364 g/mol. The highest BCUT2D eigenvalue weighted by Crippen LogP contribution is 2.18. The van der Waals surface area contributed by atoms with Crippen LogP contribution in [0.2, 0.25) is 0 Å². The molecule has 146 valence electrons. The molecule has 0 amide bonds. The second-order valence-corrected chi connectivity index (χ2v) is 5.54. The normalized spacial score (nSPS) is 10.1. The highest BCUT2D eigenvalue weighted by molar-refractivity contribution is 6.14. The Morgan fingerprint density at radius 1 is 0.893 bits per heavy atom. The summed E-state index contributed by atoms with van der Waals surface area (Å²) in [4.78, 5) is 34.6. The molecule has 0 bridgehead atoms. The number of carboxylic acid groups (broad SMARTS) is 1. The van der Waals surface area contributed by atoms with Crippen molar-refractivity contribution >= 4 is 17.7 Å².